The van der Waals surface area contributed by atoms with Crippen molar-refractivity contribution in [1.82, 2.24) is 0 Å². The van der Waals surface area contributed by atoms with Crippen molar-refractivity contribution >= 4 is 22.6 Å². The third-order valence-corrected chi connectivity index (χ3v) is 4.07. The predicted molar refractivity (Wildman–Crippen MR) is 88.7 cm³/mol. The number of hydrogen-bond acceptors (Lipinski definition) is 1. The van der Waals surface area contributed by atoms with Crippen LogP contribution in [0, 0.1) is 3.57 Å². The maximum Gasteiger partial charge on any atom is 0.0295 e. The van der Waals surface area contributed by atoms with Crippen molar-refractivity contribution in [3.63, 3.8) is 0 Å². The van der Waals surface area contributed by atoms with Gasteiger partial charge in [0.15, 0.2) is 0 Å². The fourth-order valence-electron chi connectivity index (χ4n) is 2.23. The molecule has 1 aromatic rings. The summed E-state index contributed by atoms with van der Waals surface area (Å²) < 4.78 is 1.28. The van der Waals surface area contributed by atoms with E-state index in [-0.39, 0.29) is 6.04 Å². The van der Waals surface area contributed by atoms with Crippen molar-refractivity contribution in [2.75, 3.05) is 0 Å². The van der Waals surface area contributed by atoms with Gasteiger partial charge < -0.3 is 5.73 Å². The van der Waals surface area contributed by atoms with Gasteiger partial charge in [0.2, 0.25) is 0 Å². The second-order valence-electron chi connectivity index (χ2n) is 5.07. The number of benzene rings is 1. The summed E-state index contributed by atoms with van der Waals surface area (Å²) in [6, 6.07) is 8.78. The summed E-state index contributed by atoms with van der Waals surface area (Å²) in [5.41, 5.74) is 7.51. The van der Waals surface area contributed by atoms with Crippen LogP contribution in [-0.2, 0) is 0 Å². The fraction of sp³-hybridized carbons (Fsp3) is 0.625. The summed E-state index contributed by atoms with van der Waals surface area (Å²) >= 11 is 2.35. The molecule has 0 radical (unpaired) electrons. The fourth-order valence-corrected chi connectivity index (χ4v) is 2.79. The summed E-state index contributed by atoms with van der Waals surface area (Å²) in [7, 11) is 0. The average Bonchev–Trinajstić information content (AvgIpc) is 2.37. The lowest BCUT2D eigenvalue weighted by Crippen LogP contribution is -2.10. The third kappa shape index (κ3) is 6.74. The Kier molecular flexibility index (Phi) is 8.68. The van der Waals surface area contributed by atoms with Gasteiger partial charge in [-0.15, -0.1) is 0 Å². The second kappa shape index (κ2) is 9.79. The molecule has 0 fully saturated rings. The first-order valence-corrected chi connectivity index (χ1v) is 8.33. The van der Waals surface area contributed by atoms with E-state index in [0.29, 0.717) is 0 Å². The minimum absolute atomic E-state index is 0.218. The van der Waals surface area contributed by atoms with Gasteiger partial charge in [-0.05, 0) is 46.7 Å². The van der Waals surface area contributed by atoms with Crippen LogP contribution in [0.15, 0.2) is 24.3 Å². The van der Waals surface area contributed by atoms with Gasteiger partial charge in [0.1, 0.15) is 0 Å². The molecular formula is C16H26IN. The maximum atomic E-state index is 6.22. The Morgan fingerprint density at radius 3 is 2.39 bits per heavy atom. The van der Waals surface area contributed by atoms with E-state index >= 15 is 0 Å². The summed E-state index contributed by atoms with van der Waals surface area (Å²) in [5.74, 6) is 0. The van der Waals surface area contributed by atoms with Crippen LogP contribution in [-0.4, -0.2) is 0 Å². The largest absolute Gasteiger partial charge is 0.324 e. The highest BCUT2D eigenvalue weighted by Gasteiger charge is 2.05. The molecule has 0 aliphatic heterocycles. The van der Waals surface area contributed by atoms with Gasteiger partial charge in [-0.3, -0.25) is 0 Å². The molecule has 2 N–H and O–H groups in total. The van der Waals surface area contributed by atoms with Crippen molar-refractivity contribution in [2.45, 2.75) is 64.3 Å². The summed E-state index contributed by atoms with van der Waals surface area (Å²) in [6.07, 6.45) is 10.6. The molecule has 0 amide bonds. The molecule has 0 aliphatic rings. The van der Waals surface area contributed by atoms with Crippen LogP contribution in [0.25, 0.3) is 0 Å². The van der Waals surface area contributed by atoms with Crippen molar-refractivity contribution in [3.05, 3.63) is 33.4 Å². The first-order chi connectivity index (χ1) is 8.74. The van der Waals surface area contributed by atoms with Crippen molar-refractivity contribution in [2.24, 2.45) is 5.73 Å². The van der Waals surface area contributed by atoms with Gasteiger partial charge in [-0.1, -0.05) is 64.0 Å². The Bertz CT molecular complexity index is 325. The van der Waals surface area contributed by atoms with Gasteiger partial charge in [0.05, 0.1) is 0 Å². The van der Waals surface area contributed by atoms with E-state index in [0.717, 1.165) is 6.42 Å². The van der Waals surface area contributed by atoms with Crippen LogP contribution in [0.1, 0.15) is 69.9 Å². The van der Waals surface area contributed by atoms with E-state index in [1.165, 1.54) is 54.1 Å². The zero-order valence-corrected chi connectivity index (χ0v) is 13.7. The Morgan fingerprint density at radius 1 is 1.06 bits per heavy atom. The molecule has 1 nitrogen and oxygen atoms in total. The molecule has 18 heavy (non-hydrogen) atoms. The van der Waals surface area contributed by atoms with Crippen molar-refractivity contribution in [1.29, 1.82) is 0 Å². The van der Waals surface area contributed by atoms with Gasteiger partial charge in [0.25, 0.3) is 0 Å². The molecule has 1 rings (SSSR count). The molecule has 1 aromatic carbocycles. The smallest absolute Gasteiger partial charge is 0.0295 e. The SMILES string of the molecule is CCCCCCCCCC(N)c1cccc(I)c1. The highest BCUT2D eigenvalue weighted by molar-refractivity contribution is 14.1. The third-order valence-electron chi connectivity index (χ3n) is 3.40. The molecule has 1 unspecified atom stereocenters. The number of rotatable bonds is 9. The number of halogens is 1. The van der Waals surface area contributed by atoms with Crippen LogP contribution < -0.4 is 5.73 Å². The topological polar surface area (TPSA) is 26.0 Å². The molecule has 1 atom stereocenters. The minimum atomic E-state index is 0.218. The molecular weight excluding hydrogens is 333 g/mol. The van der Waals surface area contributed by atoms with Crippen LogP contribution in [0.2, 0.25) is 0 Å². The number of hydrogen-bond donors (Lipinski definition) is 1. The van der Waals surface area contributed by atoms with E-state index in [1.807, 2.05) is 0 Å². The molecule has 0 aliphatic carbocycles. The molecule has 0 bridgehead atoms. The van der Waals surface area contributed by atoms with Gasteiger partial charge >= 0.3 is 0 Å². The van der Waals surface area contributed by atoms with Gasteiger partial charge in [-0.25, -0.2) is 0 Å². The van der Waals surface area contributed by atoms with Crippen LogP contribution in [0.3, 0.4) is 0 Å². The van der Waals surface area contributed by atoms with Crippen molar-refractivity contribution in [3.8, 4) is 0 Å². The van der Waals surface area contributed by atoms with Crippen LogP contribution in [0.4, 0.5) is 0 Å². The molecule has 0 saturated heterocycles. The normalized spacial score (nSPS) is 12.6. The zero-order chi connectivity index (χ0) is 13.2. The molecule has 0 aromatic heterocycles. The van der Waals surface area contributed by atoms with E-state index in [1.54, 1.807) is 0 Å². The Morgan fingerprint density at radius 2 is 1.72 bits per heavy atom. The first-order valence-electron chi connectivity index (χ1n) is 7.25. The van der Waals surface area contributed by atoms with E-state index < -0.39 is 0 Å². The zero-order valence-electron chi connectivity index (χ0n) is 11.5. The first kappa shape index (κ1) is 16.0. The standard InChI is InChI=1S/C16H26IN/c1-2-3-4-5-6-7-8-12-16(18)14-10-9-11-15(17)13-14/h9-11,13,16H,2-8,12,18H2,1H3. The summed E-state index contributed by atoms with van der Waals surface area (Å²) in [6.45, 7) is 2.26. The molecule has 0 heterocycles. The highest BCUT2D eigenvalue weighted by atomic mass is 127. The summed E-state index contributed by atoms with van der Waals surface area (Å²) in [5, 5.41) is 0. The van der Waals surface area contributed by atoms with Crippen LogP contribution >= 0.6 is 22.6 Å². The Hall–Kier alpha value is -0.0900. The van der Waals surface area contributed by atoms with Gasteiger partial charge in [-0.2, -0.15) is 0 Å². The van der Waals surface area contributed by atoms with E-state index in [9.17, 15) is 0 Å². The monoisotopic (exact) mass is 359 g/mol. The Labute approximate surface area is 126 Å². The lowest BCUT2D eigenvalue weighted by molar-refractivity contribution is 0.541. The quantitative estimate of drug-likeness (QED) is 0.462. The van der Waals surface area contributed by atoms with E-state index in [2.05, 4.69) is 53.8 Å². The van der Waals surface area contributed by atoms with Crippen molar-refractivity contribution < 1.29 is 0 Å². The summed E-state index contributed by atoms with van der Waals surface area (Å²) in [4.78, 5) is 0. The lowest BCUT2D eigenvalue weighted by atomic mass is 10.0. The minimum Gasteiger partial charge on any atom is -0.324 e. The molecule has 0 spiro atoms. The number of nitrogens with two attached hydrogens (primary N) is 1. The Balaban J connectivity index is 2.12. The predicted octanol–water partition coefficient (Wildman–Crippen LogP) is 5.43. The number of unbranched alkanes of at least 4 members (excludes halogenated alkanes) is 6. The highest BCUT2D eigenvalue weighted by Crippen LogP contribution is 2.19. The molecule has 0 saturated carbocycles. The maximum absolute atomic E-state index is 6.22. The van der Waals surface area contributed by atoms with Gasteiger partial charge in [0, 0.05) is 9.61 Å². The van der Waals surface area contributed by atoms with E-state index in [4.69, 9.17) is 5.73 Å². The second-order valence-corrected chi connectivity index (χ2v) is 6.32. The van der Waals surface area contributed by atoms with Crippen LogP contribution in [0.5, 0.6) is 0 Å². The molecule has 102 valence electrons. The average molecular weight is 359 g/mol. The lowest BCUT2D eigenvalue weighted by Gasteiger charge is -2.12. The molecule has 2 heteroatoms.